The molecule has 4 nitrogen and oxygen atoms in total. The van der Waals surface area contributed by atoms with Gasteiger partial charge in [0.1, 0.15) is 0 Å². The van der Waals surface area contributed by atoms with E-state index in [0.29, 0.717) is 6.54 Å². The van der Waals surface area contributed by atoms with E-state index < -0.39 is 10.0 Å². The van der Waals surface area contributed by atoms with Crippen LogP contribution >= 0.6 is 0 Å². The van der Waals surface area contributed by atoms with Gasteiger partial charge in [0.25, 0.3) is 0 Å². The van der Waals surface area contributed by atoms with Crippen LogP contribution in [-0.4, -0.2) is 8.42 Å². The molecule has 0 amide bonds. The van der Waals surface area contributed by atoms with Crippen LogP contribution in [0.25, 0.3) is 0 Å². The van der Waals surface area contributed by atoms with Crippen LogP contribution in [0.5, 0.6) is 0 Å². The average molecular weight is 188 g/mol. The third kappa shape index (κ3) is 2.04. The van der Waals surface area contributed by atoms with E-state index in [1.54, 1.807) is 12.1 Å². The summed E-state index contributed by atoms with van der Waals surface area (Å²) >= 11 is 0. The highest BCUT2D eigenvalue weighted by molar-refractivity contribution is 7.89. The maximum atomic E-state index is 10.8. The molecule has 0 heterocycles. The van der Waals surface area contributed by atoms with Crippen LogP contribution in [0.4, 0.5) is 0 Å². The Morgan fingerprint density at radius 2 is 1.75 bits per heavy atom. The van der Waals surface area contributed by atoms with E-state index in [2.05, 4.69) is 0 Å². The summed E-state index contributed by atoms with van der Waals surface area (Å²) in [5.41, 5.74) is 6.21. The van der Waals surface area contributed by atoms with Crippen molar-refractivity contribution in [3.05, 3.63) is 29.8 Å². The second-order valence-corrected chi connectivity index (χ2v) is 3.95. The van der Waals surface area contributed by atoms with Crippen molar-refractivity contribution < 1.29 is 9.84 Å². The fourth-order valence-corrected chi connectivity index (χ4v) is 1.33. The summed E-state index contributed by atoms with van der Waals surface area (Å²) in [7, 11) is -3.57. The number of benzene rings is 1. The van der Waals surface area contributed by atoms with Gasteiger partial charge in [-0.2, -0.15) is 0 Å². The third-order valence-corrected chi connectivity index (χ3v) is 2.42. The van der Waals surface area contributed by atoms with Gasteiger partial charge in [-0.3, -0.25) is 0 Å². The van der Waals surface area contributed by atoms with E-state index >= 15 is 0 Å². The first-order valence-electron chi connectivity index (χ1n) is 3.36. The topological polar surface area (TPSA) is 86.2 Å². The molecule has 0 aliphatic rings. The minimum absolute atomic E-state index is 0. The number of hydrogen-bond donors (Lipinski definition) is 2. The molecule has 0 aliphatic carbocycles. The SMILES string of the molecule is NCc1ccc(S(N)(=O)=O)cc1.[HH]. The molecule has 4 N–H and O–H groups in total. The second-order valence-electron chi connectivity index (χ2n) is 2.39. The quantitative estimate of drug-likeness (QED) is 0.687. The molecule has 5 heteroatoms. The zero-order valence-electron chi connectivity index (χ0n) is 6.40. The van der Waals surface area contributed by atoms with E-state index in [4.69, 9.17) is 10.9 Å². The highest BCUT2D eigenvalue weighted by Crippen LogP contribution is 2.07. The first-order valence-corrected chi connectivity index (χ1v) is 4.90. The van der Waals surface area contributed by atoms with E-state index in [0.717, 1.165) is 5.56 Å². The van der Waals surface area contributed by atoms with Gasteiger partial charge in [-0.25, -0.2) is 13.6 Å². The van der Waals surface area contributed by atoms with Gasteiger partial charge in [0, 0.05) is 7.97 Å². The smallest absolute Gasteiger partial charge is 0.238 e. The van der Waals surface area contributed by atoms with Crippen molar-refractivity contribution in [1.82, 2.24) is 0 Å². The fraction of sp³-hybridized carbons (Fsp3) is 0.143. The van der Waals surface area contributed by atoms with Crippen LogP contribution in [0, 0.1) is 0 Å². The molecule has 12 heavy (non-hydrogen) atoms. The largest absolute Gasteiger partial charge is 0.326 e. The van der Waals surface area contributed by atoms with E-state index in [-0.39, 0.29) is 6.32 Å². The summed E-state index contributed by atoms with van der Waals surface area (Å²) in [6.45, 7) is 0.394. The van der Waals surface area contributed by atoms with Gasteiger partial charge in [0.05, 0.1) is 4.90 Å². The number of sulfonamides is 1. The predicted octanol–water partition coefficient (Wildman–Crippen LogP) is 0.0387. The van der Waals surface area contributed by atoms with Crippen molar-refractivity contribution in [3.8, 4) is 0 Å². The second kappa shape index (κ2) is 3.22. The molecule has 0 aliphatic heterocycles. The van der Waals surface area contributed by atoms with Gasteiger partial charge in [0.15, 0.2) is 0 Å². The standard InChI is InChI=1S/C7H10N2O2S.H2/c8-5-6-1-3-7(4-2-6)12(9,10)11;/h1-4H,5,8H2,(H2,9,10,11);1H. The lowest BCUT2D eigenvalue weighted by Gasteiger charge is -1.98. The molecule has 0 bridgehead atoms. The molecule has 0 spiro atoms. The maximum Gasteiger partial charge on any atom is 0.238 e. The summed E-state index contributed by atoms with van der Waals surface area (Å²) in [6, 6.07) is 6.16. The lowest BCUT2D eigenvalue weighted by molar-refractivity contribution is 0.598. The molecule has 0 radical (unpaired) electrons. The number of rotatable bonds is 2. The average Bonchev–Trinajstić information content (AvgIpc) is 2.03. The fourth-order valence-electron chi connectivity index (χ4n) is 0.815. The normalized spacial score (nSPS) is 11.5. The van der Waals surface area contributed by atoms with Gasteiger partial charge in [-0.15, -0.1) is 0 Å². The van der Waals surface area contributed by atoms with Gasteiger partial charge in [0.2, 0.25) is 10.0 Å². The Labute approximate surface area is 72.7 Å². The molecular formula is C7H12N2O2S. The Balaban J connectivity index is 0.00000144. The Morgan fingerprint density at radius 3 is 2.08 bits per heavy atom. The molecular weight excluding hydrogens is 176 g/mol. The highest BCUT2D eigenvalue weighted by atomic mass is 32.2. The zero-order valence-corrected chi connectivity index (χ0v) is 7.21. The monoisotopic (exact) mass is 188 g/mol. The molecule has 1 aromatic rings. The van der Waals surface area contributed by atoms with Crippen LogP contribution in [0.3, 0.4) is 0 Å². The van der Waals surface area contributed by atoms with Gasteiger partial charge in [-0.1, -0.05) is 12.1 Å². The van der Waals surface area contributed by atoms with Crippen LogP contribution < -0.4 is 10.9 Å². The van der Waals surface area contributed by atoms with Gasteiger partial charge in [-0.05, 0) is 17.7 Å². The lowest BCUT2D eigenvalue weighted by Crippen LogP contribution is -2.12. The van der Waals surface area contributed by atoms with Crippen molar-refractivity contribution in [3.63, 3.8) is 0 Å². The molecule has 1 aromatic carbocycles. The third-order valence-electron chi connectivity index (χ3n) is 1.49. The first-order chi connectivity index (χ1) is 5.54. The van der Waals surface area contributed by atoms with Crippen molar-refractivity contribution in [2.45, 2.75) is 11.4 Å². The van der Waals surface area contributed by atoms with Crippen LogP contribution in [0.15, 0.2) is 29.2 Å². The highest BCUT2D eigenvalue weighted by Gasteiger charge is 2.05. The van der Waals surface area contributed by atoms with Gasteiger partial charge >= 0.3 is 0 Å². The van der Waals surface area contributed by atoms with E-state index in [1.165, 1.54) is 12.1 Å². The van der Waals surface area contributed by atoms with Crippen molar-refractivity contribution in [2.24, 2.45) is 10.9 Å². The van der Waals surface area contributed by atoms with Crippen LogP contribution in [0.1, 0.15) is 6.99 Å². The van der Waals surface area contributed by atoms with Crippen LogP contribution in [-0.2, 0) is 16.6 Å². The molecule has 0 saturated heterocycles. The Kier molecular flexibility index (Phi) is 2.46. The summed E-state index contributed by atoms with van der Waals surface area (Å²) < 4.78 is 21.6. The van der Waals surface area contributed by atoms with E-state index in [1.807, 2.05) is 0 Å². The molecule has 0 fully saturated rings. The molecule has 0 atom stereocenters. The van der Waals surface area contributed by atoms with Gasteiger partial charge < -0.3 is 5.73 Å². The molecule has 0 unspecified atom stereocenters. The number of hydrogen-bond acceptors (Lipinski definition) is 3. The Morgan fingerprint density at radius 1 is 1.25 bits per heavy atom. The molecule has 1 rings (SSSR count). The summed E-state index contributed by atoms with van der Waals surface area (Å²) in [4.78, 5) is 0.111. The lowest BCUT2D eigenvalue weighted by atomic mass is 10.2. The molecule has 68 valence electrons. The summed E-state index contributed by atoms with van der Waals surface area (Å²) in [5, 5.41) is 4.89. The van der Waals surface area contributed by atoms with Crippen molar-refractivity contribution in [1.29, 1.82) is 0 Å². The Hall–Kier alpha value is -0.910. The number of primary sulfonamides is 1. The number of nitrogens with two attached hydrogens (primary N) is 2. The first kappa shape index (κ1) is 9.18. The predicted molar refractivity (Wildman–Crippen MR) is 47.8 cm³/mol. The molecule has 0 aromatic heterocycles. The Bertz CT molecular complexity index is 361. The maximum absolute atomic E-state index is 10.8. The summed E-state index contributed by atoms with van der Waals surface area (Å²) in [6.07, 6.45) is 0. The van der Waals surface area contributed by atoms with Crippen molar-refractivity contribution in [2.75, 3.05) is 0 Å². The zero-order chi connectivity index (χ0) is 9.19. The summed E-state index contributed by atoms with van der Waals surface area (Å²) in [5.74, 6) is 0. The van der Waals surface area contributed by atoms with Crippen molar-refractivity contribution >= 4 is 10.0 Å². The minimum Gasteiger partial charge on any atom is -0.326 e. The molecule has 0 saturated carbocycles. The van der Waals surface area contributed by atoms with Crippen LogP contribution in [0.2, 0.25) is 0 Å². The van der Waals surface area contributed by atoms with E-state index in [9.17, 15) is 8.42 Å². The minimum atomic E-state index is -3.57.